The van der Waals surface area contributed by atoms with E-state index in [0.29, 0.717) is 37.2 Å². The zero-order chi connectivity index (χ0) is 18.4. The summed E-state index contributed by atoms with van der Waals surface area (Å²) in [6.07, 6.45) is 4.40. The van der Waals surface area contributed by atoms with E-state index in [4.69, 9.17) is 5.11 Å². The Balaban J connectivity index is 2.00. The van der Waals surface area contributed by atoms with Crippen LogP contribution in [0.2, 0.25) is 0 Å². The summed E-state index contributed by atoms with van der Waals surface area (Å²) < 4.78 is 0. The van der Waals surface area contributed by atoms with Crippen molar-refractivity contribution in [3.05, 3.63) is 55.1 Å². The molecule has 132 valence electrons. The van der Waals surface area contributed by atoms with Gasteiger partial charge < -0.3 is 15.3 Å². The SMILES string of the molecule is C=CCN(CC=C)C(=O)c1ccc(NC(=O)C2CCC2C(=O)O)cc1. The zero-order valence-electron chi connectivity index (χ0n) is 14.0. The van der Waals surface area contributed by atoms with Crippen LogP contribution in [0, 0.1) is 11.8 Å². The van der Waals surface area contributed by atoms with Crippen molar-refractivity contribution in [1.29, 1.82) is 0 Å². The number of carboxylic acid groups (broad SMARTS) is 1. The molecule has 0 bridgehead atoms. The molecular formula is C19H22N2O4. The Morgan fingerprint density at radius 2 is 1.64 bits per heavy atom. The Morgan fingerprint density at radius 3 is 2.08 bits per heavy atom. The van der Waals surface area contributed by atoms with Gasteiger partial charge in [-0.15, -0.1) is 13.2 Å². The molecule has 1 aromatic carbocycles. The van der Waals surface area contributed by atoms with Crippen LogP contribution in [-0.4, -0.2) is 40.9 Å². The van der Waals surface area contributed by atoms with Gasteiger partial charge in [-0.25, -0.2) is 0 Å². The maximum Gasteiger partial charge on any atom is 0.307 e. The second kappa shape index (κ2) is 8.28. The third kappa shape index (κ3) is 4.35. The van der Waals surface area contributed by atoms with Crippen LogP contribution in [0.15, 0.2) is 49.6 Å². The van der Waals surface area contributed by atoms with Gasteiger partial charge in [0, 0.05) is 24.3 Å². The van der Waals surface area contributed by atoms with Crippen LogP contribution in [0.1, 0.15) is 23.2 Å². The van der Waals surface area contributed by atoms with Crippen molar-refractivity contribution in [3.8, 4) is 0 Å². The number of anilines is 1. The van der Waals surface area contributed by atoms with E-state index < -0.39 is 17.8 Å². The second-order valence-corrected chi connectivity index (χ2v) is 5.98. The summed E-state index contributed by atoms with van der Waals surface area (Å²) in [5.74, 6) is -2.47. The second-order valence-electron chi connectivity index (χ2n) is 5.98. The fraction of sp³-hybridized carbons (Fsp3) is 0.316. The van der Waals surface area contributed by atoms with Crippen molar-refractivity contribution in [1.82, 2.24) is 4.90 Å². The van der Waals surface area contributed by atoms with E-state index in [2.05, 4.69) is 18.5 Å². The molecule has 0 aliphatic heterocycles. The van der Waals surface area contributed by atoms with Gasteiger partial charge in [0.05, 0.1) is 11.8 Å². The average Bonchev–Trinajstić information content (AvgIpc) is 2.53. The van der Waals surface area contributed by atoms with Crippen molar-refractivity contribution in [2.75, 3.05) is 18.4 Å². The van der Waals surface area contributed by atoms with Crippen LogP contribution in [0.25, 0.3) is 0 Å². The largest absolute Gasteiger partial charge is 0.481 e. The molecular weight excluding hydrogens is 320 g/mol. The van der Waals surface area contributed by atoms with E-state index in [0.717, 1.165) is 0 Å². The predicted molar refractivity (Wildman–Crippen MR) is 95.2 cm³/mol. The standard InChI is InChI=1S/C19H22N2O4/c1-3-11-21(12-4-2)18(23)13-5-7-14(8-6-13)20-17(22)15-9-10-16(15)19(24)25/h3-8,15-16H,1-2,9-12H2,(H,20,22)(H,24,25). The topological polar surface area (TPSA) is 86.7 Å². The number of nitrogens with zero attached hydrogens (tertiary/aromatic N) is 1. The molecule has 0 aromatic heterocycles. The minimum absolute atomic E-state index is 0.150. The number of rotatable bonds is 8. The first-order chi connectivity index (χ1) is 12.0. The van der Waals surface area contributed by atoms with E-state index in [9.17, 15) is 14.4 Å². The lowest BCUT2D eigenvalue weighted by molar-refractivity contribution is -0.151. The first kappa shape index (κ1) is 18.4. The molecule has 25 heavy (non-hydrogen) atoms. The molecule has 1 aliphatic carbocycles. The lowest BCUT2D eigenvalue weighted by atomic mass is 9.73. The Kier molecular flexibility index (Phi) is 6.11. The molecule has 1 aliphatic rings. The molecule has 2 amide bonds. The number of nitrogens with one attached hydrogen (secondary N) is 1. The third-order valence-electron chi connectivity index (χ3n) is 4.31. The number of benzene rings is 1. The Labute approximate surface area is 146 Å². The highest BCUT2D eigenvalue weighted by Gasteiger charge is 2.41. The fourth-order valence-corrected chi connectivity index (χ4v) is 2.78. The van der Waals surface area contributed by atoms with E-state index in [1.807, 2.05) is 0 Å². The highest BCUT2D eigenvalue weighted by Crippen LogP contribution is 2.35. The lowest BCUT2D eigenvalue weighted by Gasteiger charge is -2.31. The number of hydrogen-bond donors (Lipinski definition) is 2. The van der Waals surface area contributed by atoms with Crippen molar-refractivity contribution in [3.63, 3.8) is 0 Å². The highest BCUT2D eigenvalue weighted by atomic mass is 16.4. The van der Waals surface area contributed by atoms with Crippen LogP contribution < -0.4 is 5.32 Å². The molecule has 0 radical (unpaired) electrons. The smallest absolute Gasteiger partial charge is 0.307 e. The molecule has 0 spiro atoms. The molecule has 2 unspecified atom stereocenters. The molecule has 6 nitrogen and oxygen atoms in total. The molecule has 1 saturated carbocycles. The van der Waals surface area contributed by atoms with Crippen molar-refractivity contribution < 1.29 is 19.5 Å². The number of carbonyl (C=O) groups is 3. The van der Waals surface area contributed by atoms with Crippen LogP contribution in [0.4, 0.5) is 5.69 Å². The number of aliphatic carboxylic acids is 1. The zero-order valence-corrected chi connectivity index (χ0v) is 14.0. The van der Waals surface area contributed by atoms with Gasteiger partial charge in [-0.1, -0.05) is 12.2 Å². The lowest BCUT2D eigenvalue weighted by Crippen LogP contribution is -2.41. The Morgan fingerprint density at radius 1 is 1.08 bits per heavy atom. The fourth-order valence-electron chi connectivity index (χ4n) is 2.78. The van der Waals surface area contributed by atoms with Gasteiger partial charge in [0.1, 0.15) is 0 Å². The maximum atomic E-state index is 12.4. The van der Waals surface area contributed by atoms with Gasteiger partial charge >= 0.3 is 5.97 Å². The normalized spacial score (nSPS) is 18.6. The maximum absolute atomic E-state index is 12.4. The van der Waals surface area contributed by atoms with E-state index in [-0.39, 0.29) is 11.8 Å². The Hall–Kier alpha value is -2.89. The predicted octanol–water partition coefficient (Wildman–Crippen LogP) is 2.55. The van der Waals surface area contributed by atoms with E-state index >= 15 is 0 Å². The summed E-state index contributed by atoms with van der Waals surface area (Å²) in [7, 11) is 0. The summed E-state index contributed by atoms with van der Waals surface area (Å²) in [6.45, 7) is 8.11. The number of carboxylic acids is 1. The molecule has 1 aromatic rings. The van der Waals surface area contributed by atoms with Crippen LogP contribution in [0.3, 0.4) is 0 Å². The first-order valence-electron chi connectivity index (χ1n) is 8.12. The van der Waals surface area contributed by atoms with E-state index in [1.165, 1.54) is 0 Å². The third-order valence-corrected chi connectivity index (χ3v) is 4.31. The highest BCUT2D eigenvalue weighted by molar-refractivity contribution is 5.97. The average molecular weight is 342 g/mol. The molecule has 1 fully saturated rings. The molecule has 0 heterocycles. The van der Waals surface area contributed by atoms with Gasteiger partial charge in [0.25, 0.3) is 5.91 Å². The van der Waals surface area contributed by atoms with Gasteiger partial charge in [-0.3, -0.25) is 14.4 Å². The van der Waals surface area contributed by atoms with Crippen molar-refractivity contribution in [2.24, 2.45) is 11.8 Å². The minimum atomic E-state index is -0.933. The van der Waals surface area contributed by atoms with Crippen LogP contribution in [0.5, 0.6) is 0 Å². The van der Waals surface area contributed by atoms with Crippen LogP contribution >= 0.6 is 0 Å². The molecule has 2 atom stereocenters. The number of carbonyl (C=O) groups excluding carboxylic acids is 2. The van der Waals surface area contributed by atoms with Crippen molar-refractivity contribution in [2.45, 2.75) is 12.8 Å². The monoisotopic (exact) mass is 342 g/mol. The van der Waals surface area contributed by atoms with Gasteiger partial charge in [-0.2, -0.15) is 0 Å². The van der Waals surface area contributed by atoms with Crippen molar-refractivity contribution >= 4 is 23.5 Å². The minimum Gasteiger partial charge on any atom is -0.481 e. The van der Waals surface area contributed by atoms with E-state index in [1.54, 1.807) is 41.3 Å². The molecule has 0 saturated heterocycles. The van der Waals surface area contributed by atoms with Gasteiger partial charge in [-0.05, 0) is 37.1 Å². The summed E-state index contributed by atoms with van der Waals surface area (Å²) in [5.41, 5.74) is 1.03. The quantitative estimate of drug-likeness (QED) is 0.711. The first-order valence-corrected chi connectivity index (χ1v) is 8.12. The summed E-state index contributed by atoms with van der Waals surface area (Å²) in [5, 5.41) is 11.7. The number of amides is 2. The summed E-state index contributed by atoms with van der Waals surface area (Å²) in [4.78, 5) is 37.2. The van der Waals surface area contributed by atoms with Crippen LogP contribution in [-0.2, 0) is 9.59 Å². The molecule has 2 N–H and O–H groups in total. The molecule has 2 rings (SSSR count). The number of hydrogen-bond acceptors (Lipinski definition) is 3. The molecule has 6 heteroatoms. The summed E-state index contributed by atoms with van der Waals surface area (Å²) in [6, 6.07) is 6.54. The Bertz CT molecular complexity index is 671. The van der Waals surface area contributed by atoms with Gasteiger partial charge in [0.15, 0.2) is 0 Å². The van der Waals surface area contributed by atoms with Gasteiger partial charge in [0.2, 0.25) is 5.91 Å². The summed E-state index contributed by atoms with van der Waals surface area (Å²) >= 11 is 0.